The van der Waals surface area contributed by atoms with Gasteiger partial charge >= 0.3 is 0 Å². The molecule has 0 saturated heterocycles. The smallest absolute Gasteiger partial charge is 0.156 e. The van der Waals surface area contributed by atoms with Crippen molar-refractivity contribution in [2.45, 2.75) is 6.42 Å². The van der Waals surface area contributed by atoms with E-state index in [0.29, 0.717) is 0 Å². The number of amidine groups is 1. The van der Waals surface area contributed by atoms with Crippen LogP contribution in [0.15, 0.2) is 4.99 Å². The third kappa shape index (κ3) is 2.58. The predicted octanol–water partition coefficient (Wildman–Crippen LogP) is 0.0276. The second-order valence-corrected chi connectivity index (χ2v) is 3.19. The molecule has 0 fully saturated rings. The van der Waals surface area contributed by atoms with E-state index in [0.717, 1.165) is 37.0 Å². The first-order valence-corrected chi connectivity index (χ1v) is 4.53. The molecule has 58 valence electrons. The molecule has 0 unspecified atom stereocenters. The summed E-state index contributed by atoms with van der Waals surface area (Å²) in [5, 5.41) is 4.28. The molecule has 1 aliphatic rings. The molecule has 0 saturated carbocycles. The molecule has 0 atom stereocenters. The van der Waals surface area contributed by atoms with Crippen molar-refractivity contribution in [2.75, 3.05) is 25.4 Å². The van der Waals surface area contributed by atoms with Gasteiger partial charge in [-0.25, -0.2) is 0 Å². The van der Waals surface area contributed by atoms with E-state index in [1.807, 2.05) is 0 Å². The zero-order chi connectivity index (χ0) is 7.23. The number of aliphatic imine (C=N–C) groups is 1. The Labute approximate surface area is 65.5 Å². The van der Waals surface area contributed by atoms with Gasteiger partial charge in [-0.3, -0.25) is 4.99 Å². The highest BCUT2D eigenvalue weighted by Crippen LogP contribution is 2.03. The number of nitrogens with two attached hydrogens (primary N) is 1. The molecule has 1 aliphatic heterocycles. The Morgan fingerprint density at radius 3 is 3.20 bits per heavy atom. The minimum absolute atomic E-state index is 0.728. The fourth-order valence-electron chi connectivity index (χ4n) is 0.763. The van der Waals surface area contributed by atoms with E-state index in [2.05, 4.69) is 10.3 Å². The van der Waals surface area contributed by atoms with Crippen LogP contribution in [0.4, 0.5) is 0 Å². The summed E-state index contributed by atoms with van der Waals surface area (Å²) in [6.45, 7) is 2.77. The first-order valence-electron chi connectivity index (χ1n) is 3.54. The maximum atomic E-state index is 5.34. The Kier molecular flexibility index (Phi) is 3.60. The van der Waals surface area contributed by atoms with E-state index in [-0.39, 0.29) is 0 Å². The van der Waals surface area contributed by atoms with Gasteiger partial charge in [-0.2, -0.15) is 0 Å². The van der Waals surface area contributed by atoms with Gasteiger partial charge in [0, 0.05) is 25.4 Å². The van der Waals surface area contributed by atoms with Gasteiger partial charge in [-0.1, -0.05) is 11.8 Å². The molecule has 1 rings (SSSR count). The summed E-state index contributed by atoms with van der Waals surface area (Å²) < 4.78 is 0. The number of rotatable bonds is 2. The molecule has 3 nitrogen and oxygen atoms in total. The van der Waals surface area contributed by atoms with Crippen molar-refractivity contribution in [3.8, 4) is 0 Å². The zero-order valence-corrected chi connectivity index (χ0v) is 6.78. The minimum atomic E-state index is 0.728. The van der Waals surface area contributed by atoms with Crippen molar-refractivity contribution in [3.63, 3.8) is 0 Å². The van der Waals surface area contributed by atoms with Gasteiger partial charge in [0.1, 0.15) is 0 Å². The highest BCUT2D eigenvalue weighted by atomic mass is 32.2. The van der Waals surface area contributed by atoms with Crippen LogP contribution < -0.4 is 11.1 Å². The van der Waals surface area contributed by atoms with Crippen molar-refractivity contribution in [1.29, 1.82) is 0 Å². The SMILES string of the molecule is NCCSC1=NCCCN1. The average Bonchev–Trinajstić information content (AvgIpc) is 2.03. The Morgan fingerprint density at radius 2 is 2.60 bits per heavy atom. The molecule has 0 spiro atoms. The molecule has 1 heterocycles. The van der Waals surface area contributed by atoms with Crippen LogP contribution in [0.1, 0.15) is 6.42 Å². The standard InChI is InChI=1S/C6H13N3S/c7-2-5-10-6-8-3-1-4-9-6/h1-5,7H2,(H,8,9). The van der Waals surface area contributed by atoms with E-state index in [4.69, 9.17) is 5.73 Å². The fourth-order valence-corrected chi connectivity index (χ4v) is 1.46. The molecular formula is C6H13N3S. The molecule has 4 heteroatoms. The summed E-state index contributed by atoms with van der Waals surface area (Å²) in [4.78, 5) is 4.28. The Balaban J connectivity index is 2.18. The number of hydrogen-bond donors (Lipinski definition) is 2. The lowest BCUT2D eigenvalue weighted by Crippen LogP contribution is -2.27. The van der Waals surface area contributed by atoms with Gasteiger partial charge in [-0.05, 0) is 6.42 Å². The number of nitrogens with one attached hydrogen (secondary N) is 1. The Bertz CT molecular complexity index is 124. The maximum Gasteiger partial charge on any atom is 0.156 e. The van der Waals surface area contributed by atoms with Crippen LogP contribution in [0, 0.1) is 0 Å². The molecule has 0 aromatic heterocycles. The monoisotopic (exact) mass is 159 g/mol. The fraction of sp³-hybridized carbons (Fsp3) is 0.833. The third-order valence-electron chi connectivity index (χ3n) is 1.22. The molecule has 3 N–H and O–H groups in total. The van der Waals surface area contributed by atoms with Crippen LogP contribution in [0.5, 0.6) is 0 Å². The summed E-state index contributed by atoms with van der Waals surface area (Å²) in [6, 6.07) is 0. The molecule has 0 bridgehead atoms. The molecule has 0 aromatic rings. The van der Waals surface area contributed by atoms with E-state index in [1.54, 1.807) is 11.8 Å². The van der Waals surface area contributed by atoms with E-state index in [9.17, 15) is 0 Å². The molecule has 0 radical (unpaired) electrons. The van der Waals surface area contributed by atoms with Gasteiger partial charge in [-0.15, -0.1) is 0 Å². The van der Waals surface area contributed by atoms with Crippen LogP contribution in [0.25, 0.3) is 0 Å². The van der Waals surface area contributed by atoms with Crippen LogP contribution in [0.3, 0.4) is 0 Å². The van der Waals surface area contributed by atoms with Crippen molar-refractivity contribution in [1.82, 2.24) is 5.32 Å². The molecule has 0 amide bonds. The van der Waals surface area contributed by atoms with Crippen molar-refractivity contribution < 1.29 is 0 Å². The quantitative estimate of drug-likeness (QED) is 0.597. The molecular weight excluding hydrogens is 146 g/mol. The number of hydrogen-bond acceptors (Lipinski definition) is 4. The molecule has 0 aromatic carbocycles. The molecule has 10 heavy (non-hydrogen) atoms. The second-order valence-electron chi connectivity index (χ2n) is 2.10. The first-order chi connectivity index (χ1) is 4.93. The van der Waals surface area contributed by atoms with Gasteiger partial charge in [0.05, 0.1) is 0 Å². The van der Waals surface area contributed by atoms with Gasteiger partial charge < -0.3 is 11.1 Å². The normalized spacial score (nSPS) is 17.9. The lowest BCUT2D eigenvalue weighted by atomic mass is 10.4. The zero-order valence-electron chi connectivity index (χ0n) is 5.97. The summed E-state index contributed by atoms with van der Waals surface area (Å²) in [5.41, 5.74) is 5.34. The van der Waals surface area contributed by atoms with Crippen LogP contribution >= 0.6 is 11.8 Å². The first kappa shape index (κ1) is 7.88. The molecule has 0 aliphatic carbocycles. The predicted molar refractivity (Wildman–Crippen MR) is 46.4 cm³/mol. The summed E-state index contributed by atoms with van der Waals surface area (Å²) in [5.74, 6) is 0.964. The van der Waals surface area contributed by atoms with Gasteiger partial charge in [0.25, 0.3) is 0 Å². The summed E-state index contributed by atoms with van der Waals surface area (Å²) >= 11 is 1.71. The van der Waals surface area contributed by atoms with Crippen LogP contribution in [-0.4, -0.2) is 30.6 Å². The van der Waals surface area contributed by atoms with Crippen molar-refractivity contribution >= 4 is 16.9 Å². The summed E-state index contributed by atoms with van der Waals surface area (Å²) in [6.07, 6.45) is 1.16. The van der Waals surface area contributed by atoms with E-state index >= 15 is 0 Å². The highest BCUT2D eigenvalue weighted by molar-refractivity contribution is 8.13. The second kappa shape index (κ2) is 4.57. The van der Waals surface area contributed by atoms with E-state index < -0.39 is 0 Å². The largest absolute Gasteiger partial charge is 0.365 e. The Hall–Kier alpha value is -0.220. The van der Waals surface area contributed by atoms with Gasteiger partial charge in [0.2, 0.25) is 0 Å². The van der Waals surface area contributed by atoms with Gasteiger partial charge in [0.15, 0.2) is 5.17 Å². The summed E-state index contributed by atoms with van der Waals surface area (Å²) in [7, 11) is 0. The third-order valence-corrected chi connectivity index (χ3v) is 2.21. The lowest BCUT2D eigenvalue weighted by Gasteiger charge is -2.12. The average molecular weight is 159 g/mol. The number of thioether (sulfide) groups is 1. The highest BCUT2D eigenvalue weighted by Gasteiger charge is 2.02. The van der Waals surface area contributed by atoms with Crippen molar-refractivity contribution in [3.05, 3.63) is 0 Å². The maximum absolute atomic E-state index is 5.34. The number of nitrogens with zero attached hydrogens (tertiary/aromatic N) is 1. The minimum Gasteiger partial charge on any atom is -0.365 e. The van der Waals surface area contributed by atoms with Crippen LogP contribution in [0.2, 0.25) is 0 Å². The lowest BCUT2D eigenvalue weighted by molar-refractivity contribution is 0.751. The van der Waals surface area contributed by atoms with Crippen LogP contribution in [-0.2, 0) is 0 Å². The Morgan fingerprint density at radius 1 is 1.70 bits per heavy atom. The topological polar surface area (TPSA) is 50.4 Å². The van der Waals surface area contributed by atoms with E-state index in [1.165, 1.54) is 0 Å². The van der Waals surface area contributed by atoms with Crippen molar-refractivity contribution in [2.24, 2.45) is 10.7 Å².